The number of piperidine rings is 1. The Bertz CT molecular complexity index is 1950. The number of nitrogens with one attached hydrogen (secondary N) is 2. The minimum atomic E-state index is -4.82. The summed E-state index contributed by atoms with van der Waals surface area (Å²) in [5.74, 6) is -1.05. The van der Waals surface area contributed by atoms with E-state index in [0.29, 0.717) is 56.0 Å². The Balaban J connectivity index is 1.20. The van der Waals surface area contributed by atoms with E-state index >= 15 is 0 Å². The molecule has 11 nitrogen and oxygen atoms in total. The Labute approximate surface area is 267 Å². The van der Waals surface area contributed by atoms with Gasteiger partial charge < -0.3 is 30.8 Å². The van der Waals surface area contributed by atoms with Crippen LogP contribution in [-0.4, -0.2) is 67.7 Å². The van der Waals surface area contributed by atoms with Crippen LogP contribution >= 0.6 is 0 Å². The van der Waals surface area contributed by atoms with E-state index in [9.17, 15) is 23.1 Å². The molecule has 0 unspecified atom stereocenters. The Hall–Kier alpha value is -5.11. The number of halogens is 3. The Morgan fingerprint density at radius 1 is 1.09 bits per heavy atom. The zero-order valence-corrected chi connectivity index (χ0v) is 25.5. The molecule has 0 bridgehead atoms. The van der Waals surface area contributed by atoms with Crippen LogP contribution in [0.3, 0.4) is 0 Å². The molecule has 2 atom stereocenters. The van der Waals surface area contributed by atoms with Gasteiger partial charge in [0.25, 0.3) is 0 Å². The first kappa shape index (κ1) is 30.5. The molecule has 0 aliphatic carbocycles. The first-order valence-corrected chi connectivity index (χ1v) is 15.3. The molecular formula is C33H33F3N8O3. The summed E-state index contributed by atoms with van der Waals surface area (Å²) in [6.07, 6.45) is -1.85. The molecule has 3 aromatic heterocycles. The van der Waals surface area contributed by atoms with Crippen LogP contribution in [0.1, 0.15) is 36.6 Å². The average molecular weight is 647 g/mol. The highest BCUT2D eigenvalue weighted by Crippen LogP contribution is 2.43. The van der Waals surface area contributed by atoms with Gasteiger partial charge in [-0.2, -0.15) is 28.2 Å². The number of alkyl halides is 3. The van der Waals surface area contributed by atoms with Gasteiger partial charge in [-0.3, -0.25) is 4.79 Å². The number of benzene rings is 2. The van der Waals surface area contributed by atoms with Gasteiger partial charge in [0.2, 0.25) is 17.9 Å². The molecule has 0 radical (unpaired) electrons. The minimum absolute atomic E-state index is 0.148. The van der Waals surface area contributed by atoms with E-state index in [-0.39, 0.29) is 28.5 Å². The van der Waals surface area contributed by atoms with Crippen LogP contribution in [0.5, 0.6) is 5.88 Å². The van der Waals surface area contributed by atoms with Crippen LogP contribution in [0.15, 0.2) is 67.0 Å². The maximum Gasteiger partial charge on any atom is 0.429 e. The third-order valence-electron chi connectivity index (χ3n) is 9.22. The number of carbonyl (C=O) groups is 1. The van der Waals surface area contributed by atoms with Crippen molar-refractivity contribution in [2.45, 2.75) is 44.5 Å². The monoisotopic (exact) mass is 646 g/mol. The molecule has 2 aliphatic rings. The number of nitrogen functional groups attached to an aromatic ring is 1. The third-order valence-corrected chi connectivity index (χ3v) is 9.22. The first-order valence-electron chi connectivity index (χ1n) is 15.3. The quantitative estimate of drug-likeness (QED) is 0.182. The molecule has 14 heteroatoms. The highest BCUT2D eigenvalue weighted by atomic mass is 19.4. The Kier molecular flexibility index (Phi) is 7.54. The number of aliphatic carboxylic acids is 1. The highest BCUT2D eigenvalue weighted by molar-refractivity contribution is 5.85. The maximum atomic E-state index is 14.9. The summed E-state index contributed by atoms with van der Waals surface area (Å²) in [5, 5.41) is 17.9. The number of aromatic nitrogens is 5. The van der Waals surface area contributed by atoms with Crippen LogP contribution in [0.4, 0.5) is 24.9 Å². The van der Waals surface area contributed by atoms with Gasteiger partial charge in [-0.15, -0.1) is 0 Å². The molecular weight excluding hydrogens is 613 g/mol. The number of ether oxygens (including phenoxy) is 1. The van der Waals surface area contributed by atoms with Gasteiger partial charge in [-0.1, -0.05) is 24.3 Å². The van der Waals surface area contributed by atoms with E-state index in [1.807, 2.05) is 35.4 Å². The summed E-state index contributed by atoms with van der Waals surface area (Å²) in [4.78, 5) is 24.9. The molecule has 7 rings (SSSR count). The minimum Gasteiger partial charge on any atom is -0.480 e. The topological polar surface area (TPSA) is 147 Å². The standard InChI is InChI=1S/C33H33F3N8O3/c1-19-7-11-44(42-19)26-15-22(21-3-2-20-6-10-38-24(20)14-21)4-5-23(26)29(33(34,35)36)47-28-16-27(40-31(37)41-28)43-12-8-32(9-13-43)17-25(30(45)46)39-18-32/h2-7,10-11,14-16,25,29,38-39H,8-9,12-13,17-18H2,1H3,(H,45,46)(H2,37,40,41)/t25-,29+/m0/s1. The zero-order valence-electron chi connectivity index (χ0n) is 25.5. The van der Waals surface area contributed by atoms with Crippen molar-refractivity contribution in [3.8, 4) is 22.7 Å². The average Bonchev–Trinajstić information content (AvgIpc) is 3.79. The zero-order chi connectivity index (χ0) is 32.9. The van der Waals surface area contributed by atoms with Crippen molar-refractivity contribution in [2.75, 3.05) is 30.3 Å². The second-order valence-electron chi connectivity index (χ2n) is 12.4. The van der Waals surface area contributed by atoms with Gasteiger partial charge in [0, 0.05) is 49.2 Å². The second-order valence-corrected chi connectivity index (χ2v) is 12.4. The number of nitrogens with zero attached hydrogens (tertiary/aromatic N) is 5. The van der Waals surface area contributed by atoms with Crippen LogP contribution in [0.25, 0.3) is 27.7 Å². The summed E-state index contributed by atoms with van der Waals surface area (Å²) >= 11 is 0. The second kappa shape index (κ2) is 11.6. The van der Waals surface area contributed by atoms with E-state index in [2.05, 4.69) is 25.4 Å². The van der Waals surface area contributed by atoms with Crippen molar-refractivity contribution in [1.82, 2.24) is 30.0 Å². The number of aromatic amines is 1. The molecule has 0 amide bonds. The fourth-order valence-corrected chi connectivity index (χ4v) is 6.68. The predicted molar refractivity (Wildman–Crippen MR) is 169 cm³/mol. The molecule has 5 aromatic rings. The van der Waals surface area contributed by atoms with Gasteiger partial charge >= 0.3 is 12.1 Å². The molecule has 0 saturated carbocycles. The normalized spacial score (nSPS) is 18.6. The molecule has 5 N–H and O–H groups in total. The predicted octanol–water partition coefficient (Wildman–Crippen LogP) is 5.42. The van der Waals surface area contributed by atoms with Gasteiger partial charge in [-0.05, 0) is 72.4 Å². The van der Waals surface area contributed by atoms with Crippen molar-refractivity contribution in [1.29, 1.82) is 0 Å². The molecule has 1 spiro atoms. The van der Waals surface area contributed by atoms with Gasteiger partial charge in [0.05, 0.1) is 11.4 Å². The number of rotatable bonds is 7. The van der Waals surface area contributed by atoms with Crippen LogP contribution < -0.4 is 20.7 Å². The molecule has 2 aliphatic heterocycles. The van der Waals surface area contributed by atoms with Crippen LogP contribution in [0, 0.1) is 12.3 Å². The number of H-pyrrole nitrogens is 1. The third kappa shape index (κ3) is 6.08. The highest BCUT2D eigenvalue weighted by Gasteiger charge is 2.46. The number of nitrogens with two attached hydrogens (primary N) is 1. The van der Waals surface area contributed by atoms with Crippen molar-refractivity contribution >= 4 is 28.6 Å². The smallest absolute Gasteiger partial charge is 0.429 e. The fourth-order valence-electron chi connectivity index (χ4n) is 6.68. The summed E-state index contributed by atoms with van der Waals surface area (Å²) in [6, 6.07) is 15.0. The largest absolute Gasteiger partial charge is 0.480 e. The number of fused-ring (bicyclic) bond motifs is 1. The molecule has 2 aromatic carbocycles. The van der Waals surface area contributed by atoms with Crippen LogP contribution in [0.2, 0.25) is 0 Å². The van der Waals surface area contributed by atoms with E-state index in [1.165, 1.54) is 16.8 Å². The van der Waals surface area contributed by atoms with Crippen molar-refractivity contribution in [3.63, 3.8) is 0 Å². The summed E-state index contributed by atoms with van der Waals surface area (Å²) in [5.41, 5.74) is 8.98. The van der Waals surface area contributed by atoms with E-state index in [0.717, 1.165) is 16.5 Å². The first-order chi connectivity index (χ1) is 22.5. The molecule has 2 saturated heterocycles. The van der Waals surface area contributed by atoms with Crippen molar-refractivity contribution < 1.29 is 27.8 Å². The van der Waals surface area contributed by atoms with Crippen molar-refractivity contribution in [2.24, 2.45) is 5.41 Å². The SMILES string of the molecule is Cc1ccn(-c2cc(-c3ccc4cc[nH]c4c3)ccc2[C@@H](Oc2cc(N3CCC4(CC3)CN[C@H](C(=O)O)C4)nc(N)n2)C(F)(F)F)n1. The number of hydrogen-bond donors (Lipinski definition) is 4. The van der Waals surface area contributed by atoms with Crippen molar-refractivity contribution in [3.05, 3.63) is 78.2 Å². The number of carboxylic acids is 1. The Morgan fingerprint density at radius 3 is 2.55 bits per heavy atom. The number of hydrogen-bond acceptors (Lipinski definition) is 8. The summed E-state index contributed by atoms with van der Waals surface area (Å²) in [7, 11) is 0. The summed E-state index contributed by atoms with van der Waals surface area (Å²) in [6.45, 7) is 3.43. The lowest BCUT2D eigenvalue weighted by Crippen LogP contribution is -2.41. The molecule has 2 fully saturated rings. The lowest BCUT2D eigenvalue weighted by Gasteiger charge is -2.39. The number of anilines is 2. The van der Waals surface area contributed by atoms with Gasteiger partial charge in [-0.25, -0.2) is 4.68 Å². The maximum absolute atomic E-state index is 14.9. The summed E-state index contributed by atoms with van der Waals surface area (Å²) < 4.78 is 51.7. The number of carboxylic acid groups (broad SMARTS) is 1. The van der Waals surface area contributed by atoms with Gasteiger partial charge in [0.15, 0.2) is 0 Å². The van der Waals surface area contributed by atoms with Crippen LogP contribution in [-0.2, 0) is 4.79 Å². The van der Waals surface area contributed by atoms with Gasteiger partial charge in [0.1, 0.15) is 11.9 Å². The molecule has 47 heavy (non-hydrogen) atoms. The van der Waals surface area contributed by atoms with E-state index in [1.54, 1.807) is 31.3 Å². The van der Waals surface area contributed by atoms with E-state index in [4.69, 9.17) is 10.5 Å². The lowest BCUT2D eigenvalue weighted by atomic mass is 9.76. The lowest BCUT2D eigenvalue weighted by molar-refractivity contribution is -0.198. The molecule has 244 valence electrons. The fraction of sp³-hybridized carbons (Fsp3) is 0.333. The molecule has 5 heterocycles. The van der Waals surface area contributed by atoms with E-state index < -0.39 is 24.3 Å². The number of aryl methyl sites for hydroxylation is 1. The Morgan fingerprint density at radius 2 is 1.85 bits per heavy atom.